The third-order valence-corrected chi connectivity index (χ3v) is 3.12. The Morgan fingerprint density at radius 3 is 2.25 bits per heavy atom. The molecule has 0 atom stereocenters. The van der Waals surface area contributed by atoms with E-state index in [4.69, 9.17) is 5.73 Å². The SMILES string of the molecule is Cc1cc(C)cc(N(C)C(=O)c2ccc(N)cc2F)c1. The molecule has 0 unspecified atom stereocenters. The van der Waals surface area contributed by atoms with Crippen LogP contribution < -0.4 is 10.6 Å². The first-order valence-corrected chi connectivity index (χ1v) is 6.30. The summed E-state index contributed by atoms with van der Waals surface area (Å²) in [6.45, 7) is 3.91. The molecule has 1 amide bonds. The molecule has 0 heterocycles. The third kappa shape index (κ3) is 2.79. The van der Waals surface area contributed by atoms with E-state index in [0.717, 1.165) is 22.9 Å². The number of rotatable bonds is 2. The van der Waals surface area contributed by atoms with Gasteiger partial charge in [-0.1, -0.05) is 6.07 Å². The maximum absolute atomic E-state index is 13.8. The van der Waals surface area contributed by atoms with Crippen molar-refractivity contribution < 1.29 is 9.18 Å². The van der Waals surface area contributed by atoms with Gasteiger partial charge in [0.05, 0.1) is 5.56 Å². The Morgan fingerprint density at radius 1 is 1.10 bits per heavy atom. The molecule has 0 aliphatic rings. The van der Waals surface area contributed by atoms with Gasteiger partial charge in [-0.15, -0.1) is 0 Å². The number of halogens is 1. The number of nitrogen functional groups attached to an aromatic ring is 1. The zero-order valence-electron chi connectivity index (χ0n) is 11.8. The summed E-state index contributed by atoms with van der Waals surface area (Å²) in [5, 5.41) is 0. The van der Waals surface area contributed by atoms with Crippen LogP contribution in [0.25, 0.3) is 0 Å². The summed E-state index contributed by atoms with van der Waals surface area (Å²) in [7, 11) is 1.63. The average Bonchev–Trinajstić information content (AvgIpc) is 2.36. The van der Waals surface area contributed by atoms with Crippen molar-refractivity contribution in [3.8, 4) is 0 Å². The fraction of sp³-hybridized carbons (Fsp3) is 0.188. The van der Waals surface area contributed by atoms with Gasteiger partial charge in [0.25, 0.3) is 5.91 Å². The van der Waals surface area contributed by atoms with Gasteiger partial charge in [-0.25, -0.2) is 4.39 Å². The van der Waals surface area contributed by atoms with Crippen LogP contribution in [0.15, 0.2) is 36.4 Å². The van der Waals surface area contributed by atoms with E-state index in [-0.39, 0.29) is 5.56 Å². The Hall–Kier alpha value is -2.36. The van der Waals surface area contributed by atoms with E-state index >= 15 is 0 Å². The molecule has 0 aliphatic heterocycles. The van der Waals surface area contributed by atoms with Crippen molar-refractivity contribution in [3.63, 3.8) is 0 Å². The Morgan fingerprint density at radius 2 is 1.70 bits per heavy atom. The molecule has 2 N–H and O–H groups in total. The first kappa shape index (κ1) is 14.1. The summed E-state index contributed by atoms with van der Waals surface area (Å²) >= 11 is 0. The molecule has 3 nitrogen and oxygen atoms in total. The van der Waals surface area contributed by atoms with Crippen LogP contribution in [0.3, 0.4) is 0 Å². The highest BCUT2D eigenvalue weighted by Gasteiger charge is 2.17. The van der Waals surface area contributed by atoms with E-state index in [1.165, 1.54) is 17.0 Å². The number of benzene rings is 2. The molecule has 0 saturated heterocycles. The lowest BCUT2D eigenvalue weighted by atomic mass is 10.1. The van der Waals surface area contributed by atoms with Crippen molar-refractivity contribution in [2.24, 2.45) is 0 Å². The zero-order valence-corrected chi connectivity index (χ0v) is 11.8. The maximum Gasteiger partial charge on any atom is 0.260 e. The summed E-state index contributed by atoms with van der Waals surface area (Å²) in [6, 6.07) is 9.88. The summed E-state index contributed by atoms with van der Waals surface area (Å²) in [4.78, 5) is 13.8. The van der Waals surface area contributed by atoms with Gasteiger partial charge >= 0.3 is 0 Å². The second kappa shape index (κ2) is 5.33. The largest absolute Gasteiger partial charge is 0.399 e. The minimum Gasteiger partial charge on any atom is -0.399 e. The lowest BCUT2D eigenvalue weighted by molar-refractivity contribution is 0.0989. The topological polar surface area (TPSA) is 46.3 Å². The average molecular weight is 272 g/mol. The Kier molecular flexibility index (Phi) is 3.74. The number of nitrogens with zero attached hydrogens (tertiary/aromatic N) is 1. The maximum atomic E-state index is 13.8. The molecule has 0 aromatic heterocycles. The van der Waals surface area contributed by atoms with E-state index in [2.05, 4.69) is 0 Å². The molecule has 0 radical (unpaired) electrons. The molecular weight excluding hydrogens is 255 g/mol. The number of aryl methyl sites for hydroxylation is 2. The number of carbonyl (C=O) groups is 1. The minimum atomic E-state index is -0.605. The predicted octanol–water partition coefficient (Wildman–Crippen LogP) is 3.30. The normalized spacial score (nSPS) is 10.4. The number of nitrogens with two attached hydrogens (primary N) is 1. The van der Waals surface area contributed by atoms with E-state index in [1.807, 2.05) is 32.0 Å². The van der Waals surface area contributed by atoms with Crippen LogP contribution in [0.4, 0.5) is 15.8 Å². The molecule has 0 saturated carbocycles. The highest BCUT2D eigenvalue weighted by molar-refractivity contribution is 6.06. The number of amides is 1. The van der Waals surface area contributed by atoms with Gasteiger partial charge in [-0.2, -0.15) is 0 Å². The second-order valence-electron chi connectivity index (χ2n) is 4.95. The first-order chi connectivity index (χ1) is 9.38. The fourth-order valence-electron chi connectivity index (χ4n) is 2.15. The smallest absolute Gasteiger partial charge is 0.260 e. The molecule has 0 spiro atoms. The summed E-state index contributed by atoms with van der Waals surface area (Å²) in [5.74, 6) is -1.00. The van der Waals surface area contributed by atoms with Crippen LogP contribution in [-0.4, -0.2) is 13.0 Å². The van der Waals surface area contributed by atoms with Crippen molar-refractivity contribution in [2.45, 2.75) is 13.8 Å². The van der Waals surface area contributed by atoms with Crippen molar-refractivity contribution in [2.75, 3.05) is 17.7 Å². The fourth-order valence-corrected chi connectivity index (χ4v) is 2.15. The Balaban J connectivity index is 2.37. The van der Waals surface area contributed by atoms with Gasteiger partial charge in [0, 0.05) is 18.4 Å². The molecule has 0 fully saturated rings. The molecule has 2 aromatic rings. The zero-order chi connectivity index (χ0) is 14.9. The Labute approximate surface area is 117 Å². The van der Waals surface area contributed by atoms with Crippen molar-refractivity contribution in [3.05, 3.63) is 58.9 Å². The summed E-state index contributed by atoms with van der Waals surface area (Å²) in [6.07, 6.45) is 0. The predicted molar refractivity (Wildman–Crippen MR) is 79.5 cm³/mol. The second-order valence-corrected chi connectivity index (χ2v) is 4.95. The number of hydrogen-bond donors (Lipinski definition) is 1. The highest BCUT2D eigenvalue weighted by atomic mass is 19.1. The van der Waals surface area contributed by atoms with Crippen LogP contribution >= 0.6 is 0 Å². The van der Waals surface area contributed by atoms with Gasteiger partial charge in [0.2, 0.25) is 0 Å². The molecule has 20 heavy (non-hydrogen) atoms. The van der Waals surface area contributed by atoms with E-state index in [0.29, 0.717) is 5.69 Å². The standard InChI is InChI=1S/C16H17FN2O/c1-10-6-11(2)8-13(7-10)19(3)16(20)14-5-4-12(18)9-15(14)17/h4-9H,18H2,1-3H3. The molecule has 0 aliphatic carbocycles. The van der Waals surface area contributed by atoms with Gasteiger partial charge < -0.3 is 10.6 Å². The molecule has 2 aromatic carbocycles. The summed E-state index contributed by atoms with van der Waals surface area (Å²) < 4.78 is 13.8. The lowest BCUT2D eigenvalue weighted by Crippen LogP contribution is -2.27. The van der Waals surface area contributed by atoms with Crippen LogP contribution in [-0.2, 0) is 0 Å². The van der Waals surface area contributed by atoms with Crippen molar-refractivity contribution in [1.82, 2.24) is 0 Å². The third-order valence-electron chi connectivity index (χ3n) is 3.12. The van der Waals surface area contributed by atoms with Gasteiger partial charge in [0.1, 0.15) is 5.82 Å². The monoisotopic (exact) mass is 272 g/mol. The number of hydrogen-bond acceptors (Lipinski definition) is 2. The van der Waals surface area contributed by atoms with Gasteiger partial charge in [0.15, 0.2) is 0 Å². The Bertz CT molecular complexity index is 647. The quantitative estimate of drug-likeness (QED) is 0.853. The molecular formula is C16H17FN2O. The molecule has 0 bridgehead atoms. The molecule has 104 valence electrons. The van der Waals surface area contributed by atoms with Gasteiger partial charge in [-0.3, -0.25) is 4.79 Å². The van der Waals surface area contributed by atoms with Crippen LogP contribution in [0, 0.1) is 19.7 Å². The van der Waals surface area contributed by atoms with Crippen LogP contribution in [0.1, 0.15) is 21.5 Å². The number of anilines is 2. The van der Waals surface area contributed by atoms with Crippen LogP contribution in [0.5, 0.6) is 0 Å². The van der Waals surface area contributed by atoms with Crippen molar-refractivity contribution >= 4 is 17.3 Å². The molecule has 2 rings (SSSR count). The van der Waals surface area contributed by atoms with E-state index in [9.17, 15) is 9.18 Å². The van der Waals surface area contributed by atoms with Crippen molar-refractivity contribution in [1.29, 1.82) is 0 Å². The van der Waals surface area contributed by atoms with Crippen LogP contribution in [0.2, 0.25) is 0 Å². The lowest BCUT2D eigenvalue weighted by Gasteiger charge is -2.19. The summed E-state index contributed by atoms with van der Waals surface area (Å²) in [5.41, 5.74) is 8.65. The van der Waals surface area contributed by atoms with E-state index in [1.54, 1.807) is 7.05 Å². The van der Waals surface area contributed by atoms with Gasteiger partial charge in [-0.05, 0) is 55.3 Å². The number of carbonyl (C=O) groups excluding carboxylic acids is 1. The minimum absolute atomic E-state index is 0.0147. The molecule has 4 heteroatoms. The van der Waals surface area contributed by atoms with E-state index < -0.39 is 11.7 Å². The highest BCUT2D eigenvalue weighted by Crippen LogP contribution is 2.21. The first-order valence-electron chi connectivity index (χ1n) is 6.30.